The van der Waals surface area contributed by atoms with E-state index in [0.717, 1.165) is 31.6 Å². The highest BCUT2D eigenvalue weighted by atomic mass is 32.2. The van der Waals surface area contributed by atoms with Crippen molar-refractivity contribution < 1.29 is 14.7 Å². The van der Waals surface area contributed by atoms with Crippen molar-refractivity contribution >= 4 is 23.8 Å². The van der Waals surface area contributed by atoms with Crippen molar-refractivity contribution in [1.29, 1.82) is 0 Å². The Morgan fingerprint density at radius 3 is 2.68 bits per heavy atom. The number of hydrogen-bond acceptors (Lipinski definition) is 4. The van der Waals surface area contributed by atoms with Crippen molar-refractivity contribution in [3.05, 3.63) is 0 Å². The monoisotopic (exact) mass is 329 g/mol. The van der Waals surface area contributed by atoms with Crippen molar-refractivity contribution in [2.45, 2.75) is 50.7 Å². The molecule has 2 rings (SSSR count). The standard InChI is InChI=1S/C15H27N3O3S/c1-3-4-8-18-13(19)12(5-11-22-2)16-15(18)6-9-17(10-7-15)14(20)21/h12,16H,3-11H2,1-2H3,(H,20,21). The van der Waals surface area contributed by atoms with E-state index in [-0.39, 0.29) is 17.6 Å². The number of carboxylic acid groups (broad SMARTS) is 1. The quantitative estimate of drug-likeness (QED) is 0.777. The Morgan fingerprint density at radius 1 is 1.45 bits per heavy atom. The van der Waals surface area contributed by atoms with Gasteiger partial charge in [0.05, 0.1) is 11.7 Å². The summed E-state index contributed by atoms with van der Waals surface area (Å²) < 4.78 is 0. The molecular weight excluding hydrogens is 302 g/mol. The third-order valence-electron chi connectivity index (χ3n) is 4.73. The number of carbonyl (C=O) groups is 2. The van der Waals surface area contributed by atoms with Crippen LogP contribution in [-0.2, 0) is 4.79 Å². The molecule has 22 heavy (non-hydrogen) atoms. The van der Waals surface area contributed by atoms with Gasteiger partial charge in [-0.2, -0.15) is 11.8 Å². The zero-order chi connectivity index (χ0) is 16.2. The van der Waals surface area contributed by atoms with E-state index in [1.807, 2.05) is 4.90 Å². The number of rotatable bonds is 6. The van der Waals surface area contributed by atoms with Crippen LogP contribution < -0.4 is 5.32 Å². The van der Waals surface area contributed by atoms with E-state index in [1.165, 1.54) is 4.90 Å². The lowest BCUT2D eigenvalue weighted by Crippen LogP contribution is -2.59. The van der Waals surface area contributed by atoms with E-state index in [4.69, 9.17) is 5.11 Å². The Labute approximate surface area is 136 Å². The second kappa shape index (κ2) is 7.55. The van der Waals surface area contributed by atoms with Crippen molar-refractivity contribution in [2.75, 3.05) is 31.6 Å². The van der Waals surface area contributed by atoms with E-state index >= 15 is 0 Å². The molecule has 2 amide bonds. The summed E-state index contributed by atoms with van der Waals surface area (Å²) in [6, 6.07) is -0.110. The van der Waals surface area contributed by atoms with Crippen LogP contribution in [0.5, 0.6) is 0 Å². The smallest absolute Gasteiger partial charge is 0.407 e. The summed E-state index contributed by atoms with van der Waals surface area (Å²) in [6.45, 7) is 3.88. The van der Waals surface area contributed by atoms with Crippen LogP contribution in [0.4, 0.5) is 4.79 Å². The number of likely N-dealkylation sites (tertiary alicyclic amines) is 1. The van der Waals surface area contributed by atoms with Gasteiger partial charge in [0, 0.05) is 32.5 Å². The molecule has 2 heterocycles. The number of nitrogens with zero attached hydrogens (tertiary/aromatic N) is 2. The second-order valence-corrected chi connectivity index (χ2v) is 7.11. The molecule has 2 aliphatic rings. The molecule has 126 valence electrons. The largest absolute Gasteiger partial charge is 0.465 e. The van der Waals surface area contributed by atoms with Gasteiger partial charge in [-0.3, -0.25) is 10.1 Å². The predicted octanol–water partition coefficient (Wildman–Crippen LogP) is 1.81. The Balaban J connectivity index is 2.09. The highest BCUT2D eigenvalue weighted by Crippen LogP contribution is 2.33. The van der Waals surface area contributed by atoms with Gasteiger partial charge in [-0.25, -0.2) is 4.79 Å². The molecular formula is C15H27N3O3S. The van der Waals surface area contributed by atoms with Gasteiger partial charge in [0.15, 0.2) is 0 Å². The predicted molar refractivity (Wildman–Crippen MR) is 88.1 cm³/mol. The van der Waals surface area contributed by atoms with Crippen molar-refractivity contribution in [2.24, 2.45) is 0 Å². The first kappa shape index (κ1) is 17.4. The van der Waals surface area contributed by atoms with Crippen LogP contribution in [0.2, 0.25) is 0 Å². The number of nitrogens with one attached hydrogen (secondary N) is 1. The number of unbranched alkanes of at least 4 members (excludes halogenated alkanes) is 1. The molecule has 0 radical (unpaired) electrons. The van der Waals surface area contributed by atoms with Crippen LogP contribution >= 0.6 is 11.8 Å². The highest BCUT2D eigenvalue weighted by Gasteiger charge is 2.51. The van der Waals surface area contributed by atoms with Crippen molar-refractivity contribution in [3.63, 3.8) is 0 Å². The molecule has 0 saturated carbocycles. The number of piperidine rings is 1. The Bertz CT molecular complexity index is 411. The topological polar surface area (TPSA) is 72.9 Å². The molecule has 1 unspecified atom stereocenters. The summed E-state index contributed by atoms with van der Waals surface area (Å²) in [5.74, 6) is 1.16. The first-order valence-corrected chi connectivity index (χ1v) is 9.49. The molecule has 2 aliphatic heterocycles. The molecule has 0 aromatic carbocycles. The molecule has 2 N–H and O–H groups in total. The molecule has 7 heteroatoms. The lowest BCUT2D eigenvalue weighted by Gasteiger charge is -2.44. The summed E-state index contributed by atoms with van der Waals surface area (Å²) in [5.41, 5.74) is -0.332. The van der Waals surface area contributed by atoms with E-state index in [0.29, 0.717) is 25.9 Å². The summed E-state index contributed by atoms with van der Waals surface area (Å²) >= 11 is 1.75. The van der Waals surface area contributed by atoms with Crippen LogP contribution in [0.1, 0.15) is 39.0 Å². The summed E-state index contributed by atoms with van der Waals surface area (Å²) in [4.78, 5) is 27.3. The highest BCUT2D eigenvalue weighted by molar-refractivity contribution is 7.98. The molecule has 0 bridgehead atoms. The van der Waals surface area contributed by atoms with E-state index < -0.39 is 6.09 Å². The van der Waals surface area contributed by atoms with Crippen molar-refractivity contribution in [1.82, 2.24) is 15.1 Å². The van der Waals surface area contributed by atoms with E-state index in [1.54, 1.807) is 11.8 Å². The van der Waals surface area contributed by atoms with Gasteiger partial charge in [0.1, 0.15) is 0 Å². The lowest BCUT2D eigenvalue weighted by atomic mass is 9.96. The summed E-state index contributed by atoms with van der Waals surface area (Å²) in [7, 11) is 0. The lowest BCUT2D eigenvalue weighted by molar-refractivity contribution is -0.133. The minimum Gasteiger partial charge on any atom is -0.465 e. The first-order chi connectivity index (χ1) is 10.5. The van der Waals surface area contributed by atoms with Crippen LogP contribution in [0.25, 0.3) is 0 Å². The van der Waals surface area contributed by atoms with Gasteiger partial charge >= 0.3 is 6.09 Å². The first-order valence-electron chi connectivity index (χ1n) is 8.10. The molecule has 0 aliphatic carbocycles. The van der Waals surface area contributed by atoms with Crippen LogP contribution in [0.15, 0.2) is 0 Å². The van der Waals surface area contributed by atoms with Gasteiger partial charge in [-0.15, -0.1) is 0 Å². The van der Waals surface area contributed by atoms with Gasteiger partial charge in [0.2, 0.25) is 5.91 Å². The summed E-state index contributed by atoms with van der Waals surface area (Å²) in [5, 5.41) is 12.7. The average Bonchev–Trinajstić information content (AvgIpc) is 2.75. The molecule has 2 saturated heterocycles. The van der Waals surface area contributed by atoms with Crippen LogP contribution in [0.3, 0.4) is 0 Å². The number of amides is 2. The number of hydrogen-bond donors (Lipinski definition) is 2. The fraction of sp³-hybridized carbons (Fsp3) is 0.867. The zero-order valence-electron chi connectivity index (χ0n) is 13.5. The van der Waals surface area contributed by atoms with Gasteiger partial charge in [-0.05, 0) is 24.9 Å². The third kappa shape index (κ3) is 3.51. The maximum absolute atomic E-state index is 12.7. The number of thioether (sulfide) groups is 1. The van der Waals surface area contributed by atoms with E-state index in [2.05, 4.69) is 18.5 Å². The molecule has 1 atom stereocenters. The minimum atomic E-state index is -0.863. The normalized spacial score (nSPS) is 24.3. The Morgan fingerprint density at radius 2 is 2.14 bits per heavy atom. The molecule has 0 aromatic rings. The zero-order valence-corrected chi connectivity index (χ0v) is 14.3. The van der Waals surface area contributed by atoms with Crippen molar-refractivity contribution in [3.8, 4) is 0 Å². The maximum atomic E-state index is 12.7. The molecule has 2 fully saturated rings. The SMILES string of the molecule is CCCCN1C(=O)C(CCSC)NC12CCN(C(=O)O)CC2. The molecule has 6 nitrogen and oxygen atoms in total. The fourth-order valence-electron chi connectivity index (χ4n) is 3.42. The third-order valence-corrected chi connectivity index (χ3v) is 5.37. The molecule has 0 aromatic heterocycles. The average molecular weight is 329 g/mol. The number of carbonyl (C=O) groups excluding carboxylic acids is 1. The van der Waals surface area contributed by atoms with Crippen LogP contribution in [-0.4, -0.2) is 70.3 Å². The second-order valence-electron chi connectivity index (χ2n) is 6.12. The van der Waals surface area contributed by atoms with Gasteiger partial charge in [0.25, 0.3) is 0 Å². The Kier molecular flexibility index (Phi) is 5.97. The van der Waals surface area contributed by atoms with Crippen LogP contribution in [0, 0.1) is 0 Å². The summed E-state index contributed by atoms with van der Waals surface area (Å²) in [6.07, 6.45) is 5.44. The molecule has 1 spiro atoms. The minimum absolute atomic E-state index is 0.110. The van der Waals surface area contributed by atoms with Gasteiger partial charge in [-0.1, -0.05) is 13.3 Å². The van der Waals surface area contributed by atoms with E-state index in [9.17, 15) is 9.59 Å². The fourth-order valence-corrected chi connectivity index (χ4v) is 3.89. The maximum Gasteiger partial charge on any atom is 0.407 e. The van der Waals surface area contributed by atoms with Gasteiger partial charge < -0.3 is 14.9 Å². The Hall–Kier alpha value is -0.950.